The summed E-state index contributed by atoms with van der Waals surface area (Å²) in [6, 6.07) is 13.8. The Balaban J connectivity index is 1.35. The molecule has 2 saturated heterocycles. The monoisotopic (exact) mass is 590 g/mol. The Morgan fingerprint density at radius 2 is 2.07 bits per heavy atom. The summed E-state index contributed by atoms with van der Waals surface area (Å²) in [6.45, 7) is 6.06. The predicted octanol–water partition coefficient (Wildman–Crippen LogP) is 5.16. The molecule has 0 radical (unpaired) electrons. The van der Waals surface area contributed by atoms with Gasteiger partial charge in [-0.15, -0.1) is 0 Å². The molecular weight excluding hydrogens is 555 g/mol. The molecule has 7 rings (SSSR count). The highest BCUT2D eigenvalue weighted by molar-refractivity contribution is 5.99. The maximum absolute atomic E-state index is 16.2. The number of nitrogens with zero attached hydrogens (tertiary/aromatic N) is 6. The predicted molar refractivity (Wildman–Crippen MR) is 166 cm³/mol. The fourth-order valence-electron chi connectivity index (χ4n) is 7.67. The Morgan fingerprint density at radius 1 is 1.20 bits per heavy atom. The lowest BCUT2D eigenvalue weighted by molar-refractivity contribution is -0.128. The van der Waals surface area contributed by atoms with Crippen molar-refractivity contribution in [2.45, 2.75) is 50.1 Å². The van der Waals surface area contributed by atoms with Gasteiger partial charge in [0.05, 0.1) is 29.7 Å². The van der Waals surface area contributed by atoms with Gasteiger partial charge < -0.3 is 19.4 Å². The standard InChI is InChI=1S/C35H35FN6O2/c1-3-32(43)42-13-12-41(19-23(42)9-10-37)34-28-16-30(36)27(25-8-4-6-21-14-22-15-26(22)33(21)25)17-31(28)39-35(29(34)18-38)44-20-24-7-5-11-40(24)2/h3-4,6,8,16-17,22-24,26H,1,5,7,9,11-15,19-20H2,2H3. The van der Waals surface area contributed by atoms with Gasteiger partial charge in [0.15, 0.2) is 0 Å². The molecule has 4 aliphatic rings. The van der Waals surface area contributed by atoms with Gasteiger partial charge in [-0.1, -0.05) is 24.8 Å². The number of ether oxygens (including phenoxy) is 1. The molecule has 1 amide bonds. The normalized spacial score (nSPS) is 24.0. The number of hydrogen-bond acceptors (Lipinski definition) is 7. The lowest BCUT2D eigenvalue weighted by Crippen LogP contribution is -2.55. The summed E-state index contributed by atoms with van der Waals surface area (Å²) in [5, 5.41) is 20.6. The molecule has 3 heterocycles. The van der Waals surface area contributed by atoms with Gasteiger partial charge in [0.2, 0.25) is 11.8 Å². The molecular formula is C35H35FN6O2. The van der Waals surface area contributed by atoms with Gasteiger partial charge in [0.1, 0.15) is 24.1 Å². The maximum Gasteiger partial charge on any atom is 0.246 e. The van der Waals surface area contributed by atoms with E-state index < -0.39 is 6.04 Å². The molecule has 0 spiro atoms. The molecule has 3 aromatic rings. The van der Waals surface area contributed by atoms with Crippen molar-refractivity contribution in [1.82, 2.24) is 14.8 Å². The van der Waals surface area contributed by atoms with Crippen LogP contribution in [0.2, 0.25) is 0 Å². The van der Waals surface area contributed by atoms with Crippen LogP contribution < -0.4 is 9.64 Å². The third-order valence-corrected chi connectivity index (χ3v) is 10.1. The van der Waals surface area contributed by atoms with E-state index in [0.29, 0.717) is 60.2 Å². The number of halogens is 1. The van der Waals surface area contributed by atoms with Crippen molar-refractivity contribution in [2.75, 3.05) is 44.7 Å². The number of carbonyl (C=O) groups excluding carboxylic acids is 1. The summed E-state index contributed by atoms with van der Waals surface area (Å²) in [5.74, 6) is 0.791. The number of amides is 1. The minimum atomic E-state index is -0.409. The summed E-state index contributed by atoms with van der Waals surface area (Å²) in [4.78, 5) is 23.3. The molecule has 9 heteroatoms. The molecule has 0 bridgehead atoms. The van der Waals surface area contributed by atoms with Gasteiger partial charge in [0.25, 0.3) is 0 Å². The van der Waals surface area contributed by atoms with E-state index in [1.807, 2.05) is 17.0 Å². The van der Waals surface area contributed by atoms with Gasteiger partial charge in [-0.3, -0.25) is 4.79 Å². The third kappa shape index (κ3) is 4.76. The van der Waals surface area contributed by atoms with Gasteiger partial charge in [-0.05, 0) is 86.0 Å². The number of likely N-dealkylation sites (N-methyl/N-ethyl adjacent to an activating group) is 1. The van der Waals surface area contributed by atoms with E-state index in [4.69, 9.17) is 9.72 Å². The van der Waals surface area contributed by atoms with E-state index in [9.17, 15) is 15.3 Å². The third-order valence-electron chi connectivity index (χ3n) is 10.1. The van der Waals surface area contributed by atoms with Crippen LogP contribution in [0.4, 0.5) is 10.1 Å². The van der Waals surface area contributed by atoms with Crippen molar-refractivity contribution in [3.05, 3.63) is 65.5 Å². The molecule has 2 aromatic carbocycles. The number of hydrogen-bond donors (Lipinski definition) is 0. The van der Waals surface area contributed by atoms with Crippen molar-refractivity contribution in [2.24, 2.45) is 5.92 Å². The zero-order valence-electron chi connectivity index (χ0n) is 24.9. The van der Waals surface area contributed by atoms with E-state index in [-0.39, 0.29) is 35.6 Å². The summed E-state index contributed by atoms with van der Waals surface area (Å²) in [6.07, 6.45) is 5.68. The highest BCUT2D eigenvalue weighted by Crippen LogP contribution is 2.59. The van der Waals surface area contributed by atoms with Crippen LogP contribution in [0.3, 0.4) is 0 Å². The lowest BCUT2D eigenvalue weighted by Gasteiger charge is -2.42. The van der Waals surface area contributed by atoms with Crippen LogP contribution in [0, 0.1) is 34.4 Å². The highest BCUT2D eigenvalue weighted by atomic mass is 19.1. The van der Waals surface area contributed by atoms with E-state index >= 15 is 4.39 Å². The van der Waals surface area contributed by atoms with Crippen LogP contribution in [-0.4, -0.2) is 72.6 Å². The molecule has 0 N–H and O–H groups in total. The van der Waals surface area contributed by atoms with Crippen molar-refractivity contribution < 1.29 is 13.9 Å². The van der Waals surface area contributed by atoms with Crippen molar-refractivity contribution in [3.63, 3.8) is 0 Å². The number of carbonyl (C=O) groups is 1. The summed E-state index contributed by atoms with van der Waals surface area (Å²) in [5.41, 5.74) is 5.31. The van der Waals surface area contributed by atoms with Crippen LogP contribution in [-0.2, 0) is 11.2 Å². The van der Waals surface area contributed by atoms with Crippen molar-refractivity contribution in [1.29, 1.82) is 10.5 Å². The van der Waals surface area contributed by atoms with Gasteiger partial charge in [-0.2, -0.15) is 10.5 Å². The SMILES string of the molecule is C=CC(=O)N1CCN(c2c(C#N)c(OCC3CCCN3C)nc3cc(-c4cccc5c4C4CC4C5)c(F)cc23)CC1CC#N. The fourth-order valence-corrected chi connectivity index (χ4v) is 7.67. The van der Waals surface area contributed by atoms with E-state index in [1.165, 1.54) is 23.3 Å². The first-order chi connectivity index (χ1) is 21.4. The number of piperazine rings is 1. The number of nitriles is 2. The molecule has 3 fully saturated rings. The van der Waals surface area contributed by atoms with E-state index in [0.717, 1.165) is 37.8 Å². The van der Waals surface area contributed by atoms with Crippen LogP contribution in [0.1, 0.15) is 48.3 Å². The number of aromatic nitrogens is 1. The molecule has 1 aromatic heterocycles. The highest BCUT2D eigenvalue weighted by Gasteiger charge is 2.46. The topological polar surface area (TPSA) is 96.5 Å². The van der Waals surface area contributed by atoms with Crippen LogP contribution in [0.5, 0.6) is 5.88 Å². The second-order valence-corrected chi connectivity index (χ2v) is 12.6. The first-order valence-electron chi connectivity index (χ1n) is 15.5. The van der Waals surface area contributed by atoms with Gasteiger partial charge in [-0.25, -0.2) is 9.37 Å². The second-order valence-electron chi connectivity index (χ2n) is 12.6. The smallest absolute Gasteiger partial charge is 0.246 e. The largest absolute Gasteiger partial charge is 0.475 e. The van der Waals surface area contributed by atoms with Crippen molar-refractivity contribution >= 4 is 22.5 Å². The first-order valence-corrected chi connectivity index (χ1v) is 15.5. The molecule has 44 heavy (non-hydrogen) atoms. The summed E-state index contributed by atoms with van der Waals surface area (Å²) >= 11 is 0. The Hall–Kier alpha value is -4.47. The fraction of sp³-hybridized carbons (Fsp3) is 0.429. The summed E-state index contributed by atoms with van der Waals surface area (Å²) < 4.78 is 22.6. The number of pyridine rings is 1. The Bertz CT molecular complexity index is 1760. The number of anilines is 1. The number of fused-ring (bicyclic) bond motifs is 4. The number of rotatable bonds is 7. The van der Waals surface area contributed by atoms with Crippen LogP contribution >= 0.6 is 0 Å². The minimum Gasteiger partial charge on any atom is -0.475 e. The average Bonchev–Trinajstić information content (AvgIpc) is 3.51. The molecule has 4 unspecified atom stereocenters. The first kappa shape index (κ1) is 28.3. The van der Waals surface area contributed by atoms with E-state index in [1.54, 1.807) is 11.0 Å². The molecule has 4 atom stereocenters. The maximum atomic E-state index is 16.2. The second kappa shape index (κ2) is 11.2. The van der Waals surface area contributed by atoms with Crippen LogP contribution in [0.25, 0.3) is 22.0 Å². The van der Waals surface area contributed by atoms with E-state index in [2.05, 4.69) is 36.7 Å². The molecule has 8 nitrogen and oxygen atoms in total. The quantitative estimate of drug-likeness (QED) is 0.351. The minimum absolute atomic E-state index is 0.123. The Labute approximate surface area is 256 Å². The van der Waals surface area contributed by atoms with Crippen molar-refractivity contribution in [3.8, 4) is 29.1 Å². The van der Waals surface area contributed by atoms with Crippen LogP contribution in [0.15, 0.2) is 43.0 Å². The average molecular weight is 591 g/mol. The lowest BCUT2D eigenvalue weighted by atomic mass is 9.92. The zero-order valence-corrected chi connectivity index (χ0v) is 24.9. The molecule has 2 aliphatic carbocycles. The molecule has 1 saturated carbocycles. The molecule has 224 valence electrons. The summed E-state index contributed by atoms with van der Waals surface area (Å²) in [7, 11) is 2.07. The zero-order chi connectivity index (χ0) is 30.5. The number of benzene rings is 2. The van der Waals surface area contributed by atoms with Gasteiger partial charge >= 0.3 is 0 Å². The Kier molecular flexibility index (Phi) is 7.22. The van der Waals surface area contributed by atoms with Gasteiger partial charge in [0, 0.05) is 36.6 Å². The number of likely N-dealkylation sites (tertiary alicyclic amines) is 1. The molecule has 2 aliphatic heterocycles. The Morgan fingerprint density at radius 3 is 2.82 bits per heavy atom.